The van der Waals surface area contributed by atoms with Gasteiger partial charge in [-0.2, -0.15) is 0 Å². The van der Waals surface area contributed by atoms with E-state index in [9.17, 15) is 13.6 Å². The van der Waals surface area contributed by atoms with Crippen LogP contribution in [0, 0.1) is 11.6 Å². The Morgan fingerprint density at radius 2 is 1.86 bits per heavy atom. The Balaban J connectivity index is 2.36. The average molecular weight is 312 g/mol. The summed E-state index contributed by atoms with van der Waals surface area (Å²) in [4.78, 5) is 11.9. The highest BCUT2D eigenvalue weighted by molar-refractivity contribution is 6.30. The first-order chi connectivity index (χ1) is 10.0. The largest absolute Gasteiger partial charge is 0.467 e. The van der Waals surface area contributed by atoms with Crippen molar-refractivity contribution in [3.63, 3.8) is 0 Å². The number of nitrogens with one attached hydrogen (secondary N) is 1. The lowest BCUT2D eigenvalue weighted by Crippen LogP contribution is -2.23. The normalized spacial score (nSPS) is 11.8. The second-order valence-electron chi connectivity index (χ2n) is 4.27. The molecule has 0 fully saturated rings. The zero-order valence-electron chi connectivity index (χ0n) is 11.1. The molecule has 2 rings (SSSR count). The molecule has 21 heavy (non-hydrogen) atoms. The molecule has 0 aliphatic heterocycles. The van der Waals surface area contributed by atoms with Gasteiger partial charge in [0.25, 0.3) is 0 Å². The fourth-order valence-corrected chi connectivity index (χ4v) is 2.01. The van der Waals surface area contributed by atoms with E-state index in [0.717, 1.165) is 0 Å². The van der Waals surface area contributed by atoms with Gasteiger partial charge in [0, 0.05) is 16.3 Å². The summed E-state index contributed by atoms with van der Waals surface area (Å²) in [7, 11) is 1.20. The van der Waals surface area contributed by atoms with Gasteiger partial charge >= 0.3 is 5.97 Å². The van der Waals surface area contributed by atoms with Gasteiger partial charge in [-0.05, 0) is 42.5 Å². The fraction of sp³-hybridized carbons (Fsp3) is 0.133. The fourth-order valence-electron chi connectivity index (χ4n) is 1.83. The molecule has 2 aromatic carbocycles. The molecule has 0 amide bonds. The topological polar surface area (TPSA) is 38.3 Å². The van der Waals surface area contributed by atoms with Gasteiger partial charge in [0.2, 0.25) is 0 Å². The van der Waals surface area contributed by atoms with Crippen LogP contribution in [0.25, 0.3) is 0 Å². The Hall–Kier alpha value is -2.14. The van der Waals surface area contributed by atoms with Crippen molar-refractivity contribution in [3.05, 3.63) is 64.7 Å². The summed E-state index contributed by atoms with van der Waals surface area (Å²) in [5.74, 6) is -1.69. The van der Waals surface area contributed by atoms with Gasteiger partial charge in [0.15, 0.2) is 6.04 Å². The predicted molar refractivity (Wildman–Crippen MR) is 76.2 cm³/mol. The van der Waals surface area contributed by atoms with E-state index in [0.29, 0.717) is 10.7 Å². The third kappa shape index (κ3) is 3.70. The number of rotatable bonds is 4. The summed E-state index contributed by atoms with van der Waals surface area (Å²) in [6.45, 7) is 0. The molecule has 1 atom stereocenters. The average Bonchev–Trinajstić information content (AvgIpc) is 2.48. The highest BCUT2D eigenvalue weighted by atomic mass is 35.5. The number of hydrogen-bond acceptors (Lipinski definition) is 3. The minimum Gasteiger partial charge on any atom is -0.467 e. The van der Waals surface area contributed by atoms with Crippen LogP contribution in [0.2, 0.25) is 5.02 Å². The van der Waals surface area contributed by atoms with Gasteiger partial charge in [-0.15, -0.1) is 0 Å². The Labute approximate surface area is 125 Å². The number of methoxy groups -OCH3 is 1. The molecular weight excluding hydrogens is 300 g/mol. The molecule has 0 radical (unpaired) electrons. The number of carbonyl (C=O) groups is 1. The van der Waals surface area contributed by atoms with Crippen LogP contribution in [-0.4, -0.2) is 13.1 Å². The van der Waals surface area contributed by atoms with E-state index in [4.69, 9.17) is 11.6 Å². The Morgan fingerprint density at radius 3 is 2.48 bits per heavy atom. The van der Waals surface area contributed by atoms with Crippen molar-refractivity contribution < 1.29 is 18.3 Å². The molecular formula is C15H12ClF2NO2. The maximum Gasteiger partial charge on any atom is 0.333 e. The van der Waals surface area contributed by atoms with Crippen molar-refractivity contribution in [1.82, 2.24) is 0 Å². The van der Waals surface area contributed by atoms with E-state index < -0.39 is 23.6 Å². The number of ether oxygens (including phenoxy) is 1. The van der Waals surface area contributed by atoms with Crippen molar-refractivity contribution in [2.24, 2.45) is 0 Å². The predicted octanol–water partition coefficient (Wildman–Crippen LogP) is 3.94. The lowest BCUT2D eigenvalue weighted by molar-refractivity contribution is -0.141. The van der Waals surface area contributed by atoms with Gasteiger partial charge in [-0.25, -0.2) is 13.6 Å². The van der Waals surface area contributed by atoms with E-state index in [2.05, 4.69) is 10.1 Å². The molecule has 0 saturated heterocycles. The Morgan fingerprint density at radius 1 is 1.19 bits per heavy atom. The first-order valence-electron chi connectivity index (χ1n) is 6.06. The molecule has 0 aromatic heterocycles. The van der Waals surface area contributed by atoms with Gasteiger partial charge < -0.3 is 10.1 Å². The van der Waals surface area contributed by atoms with Gasteiger partial charge in [0.1, 0.15) is 11.6 Å². The molecule has 6 heteroatoms. The van der Waals surface area contributed by atoms with Crippen LogP contribution in [-0.2, 0) is 9.53 Å². The standard InChI is InChI=1S/C15H12ClF2NO2/c1-21-15(20)14(12-8-9(16)2-7-13(12)18)19-11-5-3-10(17)4-6-11/h2-8,14,19H,1H3. The van der Waals surface area contributed by atoms with Crippen LogP contribution in [0.1, 0.15) is 11.6 Å². The highest BCUT2D eigenvalue weighted by Crippen LogP contribution is 2.26. The molecule has 3 nitrogen and oxygen atoms in total. The summed E-state index contributed by atoms with van der Waals surface area (Å²) in [6, 6.07) is 8.14. The first-order valence-corrected chi connectivity index (χ1v) is 6.44. The molecule has 1 unspecified atom stereocenters. The number of anilines is 1. The van der Waals surface area contributed by atoms with Crippen molar-refractivity contribution in [1.29, 1.82) is 0 Å². The zero-order valence-corrected chi connectivity index (χ0v) is 11.8. The second-order valence-corrected chi connectivity index (χ2v) is 4.71. The highest BCUT2D eigenvalue weighted by Gasteiger charge is 2.24. The summed E-state index contributed by atoms with van der Waals surface area (Å²) in [6.07, 6.45) is 0. The lowest BCUT2D eigenvalue weighted by Gasteiger charge is -2.19. The zero-order chi connectivity index (χ0) is 15.4. The maximum atomic E-state index is 13.9. The minimum atomic E-state index is -1.08. The minimum absolute atomic E-state index is 0.0543. The van der Waals surface area contributed by atoms with Crippen LogP contribution in [0.3, 0.4) is 0 Å². The molecule has 0 bridgehead atoms. The van der Waals surface area contributed by atoms with E-state index in [1.807, 2.05) is 0 Å². The molecule has 1 N–H and O–H groups in total. The quantitative estimate of drug-likeness (QED) is 0.869. The van der Waals surface area contributed by atoms with Crippen molar-refractivity contribution in [2.45, 2.75) is 6.04 Å². The third-order valence-corrected chi connectivity index (χ3v) is 3.10. The number of hydrogen-bond donors (Lipinski definition) is 1. The molecule has 0 aliphatic carbocycles. The Kier molecular flexibility index (Phi) is 4.75. The number of benzene rings is 2. The number of halogens is 3. The van der Waals surface area contributed by atoms with Crippen molar-refractivity contribution in [2.75, 3.05) is 12.4 Å². The van der Waals surface area contributed by atoms with Crippen LogP contribution >= 0.6 is 11.6 Å². The molecule has 110 valence electrons. The number of esters is 1. The number of carbonyl (C=O) groups excluding carboxylic acids is 1. The summed E-state index contributed by atoms with van der Waals surface area (Å²) in [5, 5.41) is 3.09. The molecule has 0 aliphatic rings. The van der Waals surface area contributed by atoms with Crippen LogP contribution in [0.15, 0.2) is 42.5 Å². The summed E-state index contributed by atoms with van der Waals surface area (Å²) in [5.41, 5.74) is 0.504. The van der Waals surface area contributed by atoms with Crippen molar-refractivity contribution in [3.8, 4) is 0 Å². The van der Waals surface area contributed by atoms with Crippen LogP contribution in [0.5, 0.6) is 0 Å². The summed E-state index contributed by atoms with van der Waals surface area (Å²) >= 11 is 5.84. The molecule has 0 spiro atoms. The van der Waals surface area contributed by atoms with Crippen LogP contribution in [0.4, 0.5) is 14.5 Å². The molecule has 0 saturated carbocycles. The van der Waals surface area contributed by atoms with Gasteiger partial charge in [-0.3, -0.25) is 0 Å². The lowest BCUT2D eigenvalue weighted by atomic mass is 10.1. The second kappa shape index (κ2) is 6.54. The third-order valence-electron chi connectivity index (χ3n) is 2.86. The van der Waals surface area contributed by atoms with E-state index in [-0.39, 0.29) is 5.56 Å². The van der Waals surface area contributed by atoms with Gasteiger partial charge in [0.05, 0.1) is 7.11 Å². The smallest absolute Gasteiger partial charge is 0.333 e. The summed E-state index contributed by atoms with van der Waals surface area (Å²) < 4.78 is 31.5. The molecule has 0 heterocycles. The first kappa shape index (κ1) is 15.3. The van der Waals surface area contributed by atoms with E-state index in [1.54, 1.807) is 0 Å². The maximum absolute atomic E-state index is 13.9. The van der Waals surface area contributed by atoms with E-state index >= 15 is 0 Å². The van der Waals surface area contributed by atoms with Gasteiger partial charge in [-0.1, -0.05) is 11.6 Å². The van der Waals surface area contributed by atoms with E-state index in [1.165, 1.54) is 49.6 Å². The Bertz CT molecular complexity index is 647. The molecule has 2 aromatic rings. The SMILES string of the molecule is COC(=O)C(Nc1ccc(F)cc1)c1cc(Cl)ccc1F. The van der Waals surface area contributed by atoms with Crippen molar-refractivity contribution >= 4 is 23.3 Å². The van der Waals surface area contributed by atoms with Crippen LogP contribution < -0.4 is 5.32 Å². The monoisotopic (exact) mass is 311 g/mol.